The maximum absolute atomic E-state index is 12.6. The predicted molar refractivity (Wildman–Crippen MR) is 190 cm³/mol. The van der Waals surface area contributed by atoms with Gasteiger partial charge < -0.3 is 19.9 Å². The van der Waals surface area contributed by atoms with Gasteiger partial charge in [-0.05, 0) is 66.7 Å². The lowest BCUT2D eigenvalue weighted by atomic mass is 9.79. The Bertz CT molecular complexity index is 1300. The number of benzene rings is 2. The molecule has 2 rings (SSSR count). The van der Waals surface area contributed by atoms with Crippen molar-refractivity contribution in [1.29, 1.82) is 0 Å². The highest BCUT2D eigenvalue weighted by atomic mass is 32.2. The molecule has 2 aromatic rings. The lowest BCUT2D eigenvalue weighted by Crippen LogP contribution is -2.34. The number of hydrogen-bond donors (Lipinski definition) is 2. The van der Waals surface area contributed by atoms with Gasteiger partial charge in [-0.3, -0.25) is 9.59 Å². The second-order valence-electron chi connectivity index (χ2n) is 16.2. The van der Waals surface area contributed by atoms with E-state index in [2.05, 4.69) is 127 Å². The second kappa shape index (κ2) is 14.2. The number of ether oxygens (including phenoxy) is 2. The van der Waals surface area contributed by atoms with Gasteiger partial charge >= 0.3 is 5.97 Å². The maximum atomic E-state index is 12.6. The first-order chi connectivity index (χ1) is 20.3. The van der Waals surface area contributed by atoms with Crippen LogP contribution in [0.1, 0.15) is 126 Å². The van der Waals surface area contributed by atoms with E-state index in [1.165, 1.54) is 0 Å². The van der Waals surface area contributed by atoms with Crippen LogP contribution in [0, 0.1) is 0 Å². The van der Waals surface area contributed by atoms with Crippen LogP contribution in [-0.4, -0.2) is 40.8 Å². The van der Waals surface area contributed by atoms with E-state index < -0.39 is 5.97 Å². The third-order valence-electron chi connectivity index (χ3n) is 7.19. The van der Waals surface area contributed by atoms with Gasteiger partial charge in [0.2, 0.25) is 0 Å². The molecular formula is C37H57NO5S2. The van der Waals surface area contributed by atoms with Gasteiger partial charge in [-0.2, -0.15) is 0 Å². The highest BCUT2D eigenvalue weighted by molar-refractivity contribution is 8.18. The molecule has 0 aliphatic heterocycles. The molecule has 0 bridgehead atoms. The molecule has 0 fully saturated rings. The van der Waals surface area contributed by atoms with Gasteiger partial charge in [0, 0.05) is 32.0 Å². The van der Waals surface area contributed by atoms with Crippen molar-refractivity contribution in [2.24, 2.45) is 0 Å². The van der Waals surface area contributed by atoms with Crippen molar-refractivity contribution in [1.82, 2.24) is 5.32 Å². The molecule has 6 nitrogen and oxygen atoms in total. The number of thioether (sulfide) groups is 2. The molecule has 8 heteroatoms. The summed E-state index contributed by atoms with van der Waals surface area (Å²) in [5.41, 5.74) is 3.03. The number of carbonyl (C=O) groups excluding carboxylic acids is 2. The molecule has 0 aliphatic rings. The molecular weight excluding hydrogens is 603 g/mol. The van der Waals surface area contributed by atoms with Crippen molar-refractivity contribution in [3.63, 3.8) is 0 Å². The number of rotatable bonds is 10. The van der Waals surface area contributed by atoms with Gasteiger partial charge in [0.05, 0.1) is 10.7 Å². The molecule has 0 saturated heterocycles. The molecule has 0 aromatic heterocycles. The SMILES string of the molecule is CCOC(=O)CNC(=O)COc1c(C(C)(C)C)cc(SC(C)(C)Sc2cc(C(C)(C)C)c(O)c(C(C)(C)C)c2)cc1C(C)(C)C. The van der Waals surface area contributed by atoms with Crippen molar-refractivity contribution in [2.75, 3.05) is 19.8 Å². The largest absolute Gasteiger partial charge is 0.507 e. The monoisotopic (exact) mass is 659 g/mol. The van der Waals surface area contributed by atoms with E-state index in [9.17, 15) is 14.7 Å². The molecule has 0 radical (unpaired) electrons. The summed E-state index contributed by atoms with van der Waals surface area (Å²) in [6.07, 6.45) is 0. The van der Waals surface area contributed by atoms with E-state index in [0.29, 0.717) is 11.5 Å². The van der Waals surface area contributed by atoms with Gasteiger partial charge in [0.15, 0.2) is 6.61 Å². The van der Waals surface area contributed by atoms with Crippen LogP contribution in [0.2, 0.25) is 0 Å². The lowest BCUT2D eigenvalue weighted by Gasteiger charge is -2.32. The van der Waals surface area contributed by atoms with E-state index >= 15 is 0 Å². The maximum Gasteiger partial charge on any atom is 0.325 e. The fourth-order valence-electron chi connectivity index (χ4n) is 4.90. The van der Waals surface area contributed by atoms with Crippen molar-refractivity contribution in [3.8, 4) is 11.5 Å². The van der Waals surface area contributed by atoms with E-state index in [-0.39, 0.29) is 51.4 Å². The summed E-state index contributed by atoms with van der Waals surface area (Å²) in [6, 6.07) is 8.66. The number of aromatic hydroxyl groups is 1. The first kappa shape index (κ1) is 38.9. The first-order valence-corrected chi connectivity index (χ1v) is 17.4. The number of nitrogens with one attached hydrogen (secondary N) is 1. The molecule has 0 spiro atoms. The van der Waals surface area contributed by atoms with Crippen LogP contribution < -0.4 is 10.1 Å². The van der Waals surface area contributed by atoms with E-state index in [1.54, 1.807) is 30.4 Å². The summed E-state index contributed by atoms with van der Waals surface area (Å²) in [7, 11) is 0. The highest BCUT2D eigenvalue weighted by Gasteiger charge is 2.32. The van der Waals surface area contributed by atoms with Crippen LogP contribution in [0.5, 0.6) is 11.5 Å². The topological polar surface area (TPSA) is 84.9 Å². The summed E-state index contributed by atoms with van der Waals surface area (Å²) >= 11 is 3.59. The van der Waals surface area contributed by atoms with Gasteiger partial charge in [0.25, 0.3) is 5.91 Å². The minimum absolute atomic E-state index is 0.188. The minimum Gasteiger partial charge on any atom is -0.507 e. The Labute approximate surface area is 281 Å². The van der Waals surface area contributed by atoms with Crippen LogP contribution in [-0.2, 0) is 36.0 Å². The Morgan fingerprint density at radius 2 is 1.07 bits per heavy atom. The quantitative estimate of drug-likeness (QED) is 0.149. The molecule has 2 N–H and O–H groups in total. The standard InChI is InChI=1S/C37H57NO5S2/c1-16-42-30(40)21-38-29(39)22-43-32-27(35(8,9)10)19-24(20-28(32)36(11,12)13)45-37(14,15)44-23-17-25(33(2,3)4)31(41)26(18-23)34(5,6)7/h17-20,41H,16,21-22H2,1-15H3,(H,38,39). The molecule has 0 saturated carbocycles. The summed E-state index contributed by atoms with van der Waals surface area (Å²) in [6.45, 7) is 31.8. The Balaban J connectivity index is 2.51. The van der Waals surface area contributed by atoms with Crippen molar-refractivity contribution < 1.29 is 24.2 Å². The first-order valence-electron chi connectivity index (χ1n) is 15.8. The van der Waals surface area contributed by atoms with Crippen LogP contribution >= 0.6 is 23.5 Å². The van der Waals surface area contributed by atoms with Gasteiger partial charge in [-0.1, -0.05) is 83.1 Å². The smallest absolute Gasteiger partial charge is 0.325 e. The Morgan fingerprint density at radius 1 is 0.689 bits per heavy atom. The van der Waals surface area contributed by atoms with Crippen molar-refractivity contribution >= 4 is 35.4 Å². The van der Waals surface area contributed by atoms with Crippen LogP contribution in [0.15, 0.2) is 34.1 Å². The third-order valence-corrected chi connectivity index (χ3v) is 9.61. The molecule has 252 valence electrons. The Kier molecular flexibility index (Phi) is 12.3. The third kappa shape index (κ3) is 11.2. The molecule has 0 unspecified atom stereocenters. The lowest BCUT2D eigenvalue weighted by molar-refractivity contribution is -0.143. The zero-order valence-electron chi connectivity index (χ0n) is 30.3. The van der Waals surface area contributed by atoms with E-state index in [4.69, 9.17) is 9.47 Å². The van der Waals surface area contributed by atoms with Crippen molar-refractivity contribution in [3.05, 3.63) is 46.5 Å². The van der Waals surface area contributed by atoms with Gasteiger partial charge in [-0.15, -0.1) is 23.5 Å². The summed E-state index contributed by atoms with van der Waals surface area (Å²) in [5.74, 6) is 0.241. The van der Waals surface area contributed by atoms with Crippen LogP contribution in [0.25, 0.3) is 0 Å². The summed E-state index contributed by atoms with van der Waals surface area (Å²) in [5, 5.41) is 13.8. The number of esters is 1. The average molecular weight is 660 g/mol. The molecule has 45 heavy (non-hydrogen) atoms. The summed E-state index contributed by atoms with van der Waals surface area (Å²) in [4.78, 5) is 26.5. The van der Waals surface area contributed by atoms with Crippen LogP contribution in [0.3, 0.4) is 0 Å². The number of hydrogen-bond acceptors (Lipinski definition) is 7. The zero-order valence-corrected chi connectivity index (χ0v) is 32.0. The fraction of sp³-hybridized carbons (Fsp3) is 0.622. The Hall–Kier alpha value is -2.32. The van der Waals surface area contributed by atoms with Gasteiger partial charge in [0.1, 0.15) is 18.0 Å². The second-order valence-corrected chi connectivity index (χ2v) is 19.8. The zero-order chi connectivity index (χ0) is 34.8. The average Bonchev–Trinajstić information content (AvgIpc) is 2.84. The molecule has 2 aromatic carbocycles. The van der Waals surface area contributed by atoms with Gasteiger partial charge in [-0.25, -0.2) is 0 Å². The van der Waals surface area contributed by atoms with Crippen molar-refractivity contribution in [2.45, 2.75) is 139 Å². The fourth-order valence-corrected chi connectivity index (χ4v) is 7.49. The minimum atomic E-state index is -0.477. The summed E-state index contributed by atoms with van der Waals surface area (Å²) < 4.78 is 10.9. The molecule has 0 atom stereocenters. The molecule has 0 heterocycles. The van der Waals surface area contributed by atoms with Crippen LogP contribution in [0.4, 0.5) is 0 Å². The number of carbonyl (C=O) groups is 2. The highest BCUT2D eigenvalue weighted by Crippen LogP contribution is 2.51. The molecule has 1 amide bonds. The Morgan fingerprint density at radius 3 is 1.42 bits per heavy atom. The number of phenols is 1. The normalized spacial score (nSPS) is 13.0. The molecule has 0 aliphatic carbocycles. The number of amides is 1. The predicted octanol–water partition coefficient (Wildman–Crippen LogP) is 9.26. The number of phenolic OH excluding ortho intramolecular Hbond substituents is 1. The van der Waals surface area contributed by atoms with E-state index in [1.807, 2.05) is 0 Å². The van der Waals surface area contributed by atoms with E-state index in [0.717, 1.165) is 32.0 Å².